The van der Waals surface area contributed by atoms with E-state index in [-0.39, 0.29) is 12.5 Å². The number of unbranched alkanes of at least 4 members (excludes halogenated alkanes) is 1. The monoisotopic (exact) mass is 447 g/mol. The van der Waals surface area contributed by atoms with Crippen LogP contribution in [0.25, 0.3) is 0 Å². The molecule has 0 radical (unpaired) electrons. The Hall–Kier alpha value is -1.20. The zero-order valence-corrected chi connectivity index (χ0v) is 18.7. The first-order valence-electron chi connectivity index (χ1n) is 10.3. The summed E-state index contributed by atoms with van der Waals surface area (Å²) in [6.07, 6.45) is 3.40. The number of halogens is 1. The molecule has 0 aliphatic carbocycles. The molecule has 2 atom stereocenters. The summed E-state index contributed by atoms with van der Waals surface area (Å²) in [5, 5.41) is 24.6. The van der Waals surface area contributed by atoms with Crippen molar-refractivity contribution in [3.8, 4) is 0 Å². The molecule has 3 N–H and O–H groups in total. The second kappa shape index (κ2) is 11.7. The molecule has 0 aliphatic heterocycles. The number of hydrogen-bond acceptors (Lipinski definition) is 3. The van der Waals surface area contributed by atoms with Gasteiger partial charge in [-0.3, -0.25) is 0 Å². The molecule has 0 heterocycles. The van der Waals surface area contributed by atoms with Gasteiger partial charge in [-0.2, -0.15) is 0 Å². The van der Waals surface area contributed by atoms with E-state index < -0.39 is 5.60 Å². The predicted molar refractivity (Wildman–Crippen MR) is 120 cm³/mol. The van der Waals surface area contributed by atoms with Crippen molar-refractivity contribution in [3.05, 3.63) is 70.2 Å². The molecule has 2 aromatic carbocycles. The summed E-state index contributed by atoms with van der Waals surface area (Å²) >= 11 is 3.51. The first-order valence-corrected chi connectivity index (χ1v) is 11.1. The van der Waals surface area contributed by atoms with Gasteiger partial charge in [-0.05, 0) is 61.4 Å². The highest BCUT2D eigenvalue weighted by Crippen LogP contribution is 2.41. The van der Waals surface area contributed by atoms with E-state index in [0.29, 0.717) is 18.9 Å². The highest BCUT2D eigenvalue weighted by atomic mass is 79.9. The van der Waals surface area contributed by atoms with Crippen molar-refractivity contribution >= 4 is 15.9 Å². The number of aliphatic hydroxyl groups is 2. The van der Waals surface area contributed by atoms with Gasteiger partial charge in [-0.15, -0.1) is 0 Å². The fourth-order valence-electron chi connectivity index (χ4n) is 3.62. The summed E-state index contributed by atoms with van der Waals surface area (Å²) < 4.78 is 1.01. The summed E-state index contributed by atoms with van der Waals surface area (Å²) in [4.78, 5) is 0. The van der Waals surface area contributed by atoms with Gasteiger partial charge in [-0.1, -0.05) is 72.2 Å². The molecule has 0 saturated carbocycles. The van der Waals surface area contributed by atoms with E-state index in [0.717, 1.165) is 41.4 Å². The Morgan fingerprint density at radius 1 is 1.00 bits per heavy atom. The van der Waals surface area contributed by atoms with Crippen LogP contribution in [0.2, 0.25) is 0 Å². The van der Waals surface area contributed by atoms with Gasteiger partial charge in [-0.25, -0.2) is 0 Å². The van der Waals surface area contributed by atoms with Crippen LogP contribution in [0.3, 0.4) is 0 Å². The number of benzene rings is 2. The highest BCUT2D eigenvalue weighted by Gasteiger charge is 2.39. The molecule has 28 heavy (non-hydrogen) atoms. The van der Waals surface area contributed by atoms with Crippen molar-refractivity contribution in [3.63, 3.8) is 0 Å². The van der Waals surface area contributed by atoms with Gasteiger partial charge in [0.15, 0.2) is 0 Å². The van der Waals surface area contributed by atoms with Gasteiger partial charge in [0.1, 0.15) is 0 Å². The van der Waals surface area contributed by atoms with Gasteiger partial charge in [0.25, 0.3) is 0 Å². The Morgan fingerprint density at radius 2 is 1.68 bits per heavy atom. The van der Waals surface area contributed by atoms with Crippen LogP contribution in [0, 0.1) is 5.92 Å². The average molecular weight is 448 g/mol. The molecule has 0 unspecified atom stereocenters. The maximum absolute atomic E-state index is 12.0. The van der Waals surface area contributed by atoms with E-state index in [9.17, 15) is 5.11 Å². The lowest BCUT2D eigenvalue weighted by molar-refractivity contribution is -0.00632. The van der Waals surface area contributed by atoms with Crippen molar-refractivity contribution in [1.82, 2.24) is 5.32 Å². The predicted octanol–water partition coefficient (Wildman–Crippen LogP) is 5.22. The van der Waals surface area contributed by atoms with Crippen LogP contribution in [0.1, 0.15) is 56.6 Å². The van der Waals surface area contributed by atoms with E-state index in [4.69, 9.17) is 5.11 Å². The molecule has 0 saturated heterocycles. The summed E-state index contributed by atoms with van der Waals surface area (Å²) in [5.74, 6) is 0.471. The van der Waals surface area contributed by atoms with Crippen molar-refractivity contribution in [2.45, 2.75) is 51.0 Å². The Balaban J connectivity index is 2.34. The summed E-state index contributed by atoms with van der Waals surface area (Å²) in [6.45, 7) is 6.16. The number of hydrogen-bond donors (Lipinski definition) is 3. The van der Waals surface area contributed by atoms with Crippen LogP contribution in [-0.2, 0) is 5.60 Å². The largest absolute Gasteiger partial charge is 0.396 e. The molecule has 0 amide bonds. The van der Waals surface area contributed by atoms with Crippen LogP contribution in [0.4, 0.5) is 0 Å². The van der Waals surface area contributed by atoms with E-state index in [1.54, 1.807) is 0 Å². The smallest absolute Gasteiger partial charge is 0.0977 e. The van der Waals surface area contributed by atoms with Crippen LogP contribution < -0.4 is 5.32 Å². The quantitative estimate of drug-likeness (QED) is 0.391. The molecule has 2 aromatic rings. The Kier molecular flexibility index (Phi) is 9.66. The van der Waals surface area contributed by atoms with Crippen molar-refractivity contribution in [2.24, 2.45) is 5.92 Å². The molecule has 154 valence electrons. The normalized spacial score (nSPS) is 14.8. The van der Waals surface area contributed by atoms with Gasteiger partial charge in [0.05, 0.1) is 5.60 Å². The highest BCUT2D eigenvalue weighted by molar-refractivity contribution is 9.10. The maximum Gasteiger partial charge on any atom is 0.0977 e. The second-order valence-electron chi connectivity index (χ2n) is 7.96. The first kappa shape index (κ1) is 23.1. The summed E-state index contributed by atoms with van der Waals surface area (Å²) in [6, 6.07) is 18.4. The first-order chi connectivity index (χ1) is 13.5. The Bertz CT molecular complexity index is 675. The minimum Gasteiger partial charge on any atom is -0.396 e. The fraction of sp³-hybridized carbons (Fsp3) is 0.500. The minimum atomic E-state index is -0.948. The van der Waals surface area contributed by atoms with E-state index in [1.807, 2.05) is 42.5 Å². The van der Waals surface area contributed by atoms with Gasteiger partial charge in [0.2, 0.25) is 0 Å². The maximum atomic E-state index is 12.0. The van der Waals surface area contributed by atoms with E-state index in [1.165, 1.54) is 0 Å². The fourth-order valence-corrected chi connectivity index (χ4v) is 3.89. The van der Waals surface area contributed by atoms with Gasteiger partial charge in [0, 0.05) is 23.5 Å². The molecule has 0 aromatic heterocycles. The molecule has 3 nitrogen and oxygen atoms in total. The van der Waals surface area contributed by atoms with Crippen molar-refractivity contribution < 1.29 is 10.2 Å². The van der Waals surface area contributed by atoms with E-state index in [2.05, 4.69) is 47.2 Å². The molecule has 0 bridgehead atoms. The third-order valence-electron chi connectivity index (χ3n) is 5.34. The second-order valence-corrected chi connectivity index (χ2v) is 8.88. The van der Waals surface area contributed by atoms with Crippen molar-refractivity contribution in [1.29, 1.82) is 0 Å². The van der Waals surface area contributed by atoms with Gasteiger partial charge >= 0.3 is 0 Å². The van der Waals surface area contributed by atoms with Crippen molar-refractivity contribution in [2.75, 3.05) is 19.7 Å². The molecular formula is C24H34BrNO2. The average Bonchev–Trinajstić information content (AvgIpc) is 2.70. The number of rotatable bonds is 12. The van der Waals surface area contributed by atoms with Crippen LogP contribution in [0.5, 0.6) is 0 Å². The molecular weight excluding hydrogens is 414 g/mol. The number of aliphatic hydroxyl groups excluding tert-OH is 1. The Labute approximate surface area is 178 Å². The lowest BCUT2D eigenvalue weighted by Gasteiger charge is -2.38. The van der Waals surface area contributed by atoms with Crippen LogP contribution >= 0.6 is 15.9 Å². The van der Waals surface area contributed by atoms with Gasteiger partial charge < -0.3 is 15.5 Å². The lowest BCUT2D eigenvalue weighted by Crippen LogP contribution is -2.40. The van der Waals surface area contributed by atoms with E-state index >= 15 is 0 Å². The molecule has 0 spiro atoms. The molecule has 4 heteroatoms. The third kappa shape index (κ3) is 6.70. The Morgan fingerprint density at radius 3 is 2.29 bits per heavy atom. The SMILES string of the molecule is CC(C)CC[C@](O)(c1ccc(Br)cc1)[C@H](CNCCCCO)c1ccccc1. The topological polar surface area (TPSA) is 52.5 Å². The van der Waals surface area contributed by atoms with Crippen LogP contribution in [0.15, 0.2) is 59.1 Å². The summed E-state index contributed by atoms with van der Waals surface area (Å²) in [5.41, 5.74) is 1.16. The summed E-state index contributed by atoms with van der Waals surface area (Å²) in [7, 11) is 0. The lowest BCUT2D eigenvalue weighted by atomic mass is 9.73. The van der Waals surface area contributed by atoms with Crippen LogP contribution in [-0.4, -0.2) is 29.9 Å². The zero-order valence-electron chi connectivity index (χ0n) is 17.1. The third-order valence-corrected chi connectivity index (χ3v) is 5.86. The molecule has 0 aliphatic rings. The molecule has 2 rings (SSSR count). The minimum absolute atomic E-state index is 0.0530. The molecule has 0 fully saturated rings. The zero-order chi connectivity index (χ0) is 20.4. The standard InChI is InChI=1S/C24H34BrNO2/c1-19(2)14-15-24(28,21-10-12-22(25)13-11-21)23(18-26-16-6-7-17-27)20-8-4-3-5-9-20/h3-5,8-13,19,23,26-28H,6-7,14-18H2,1-2H3/t23-,24+/m1/s1. The number of nitrogens with one attached hydrogen (secondary N) is 1.